The first-order valence-electron chi connectivity index (χ1n) is 10.8. The minimum absolute atomic E-state index is 0.0155. The Kier molecular flexibility index (Phi) is 9.32. The van der Waals surface area contributed by atoms with E-state index in [2.05, 4.69) is 87.4 Å². The lowest BCUT2D eigenvalue weighted by molar-refractivity contribution is -0.0213. The fourth-order valence-electron chi connectivity index (χ4n) is 3.99. The van der Waals surface area contributed by atoms with Crippen molar-refractivity contribution in [3.8, 4) is 12.3 Å². The van der Waals surface area contributed by atoms with Gasteiger partial charge in [0.2, 0.25) is 0 Å². The highest BCUT2D eigenvalue weighted by atomic mass is 28.4. The van der Waals surface area contributed by atoms with Crippen molar-refractivity contribution in [3.05, 3.63) is 60.7 Å². The first kappa shape index (κ1) is 24.4. The number of ether oxygens (including phenoxy) is 1. The average molecular weight is 425 g/mol. The molecule has 1 N–H and O–H groups in total. The molecule has 0 saturated carbocycles. The molecular formula is C26H36O3Si. The standard InChI is InChI=1S/C26H36O3Si/c1-6-14-22(2)25(21-27)28-19-13-20-29-30(26(3,4)5,23-15-9-7-10-16-23)24-17-11-8-12-18-24/h1,7-12,15-18,22,25,27H,13-14,19-21H2,2-5H3/t22-,25+/m1/s1. The fraction of sp³-hybridized carbons (Fsp3) is 0.462. The van der Waals surface area contributed by atoms with Crippen LogP contribution in [0.3, 0.4) is 0 Å². The molecule has 2 rings (SSSR count). The van der Waals surface area contributed by atoms with Crippen LogP contribution in [0.5, 0.6) is 0 Å². The number of hydrogen-bond donors (Lipinski definition) is 1. The van der Waals surface area contributed by atoms with Gasteiger partial charge in [-0.2, -0.15) is 0 Å². The van der Waals surface area contributed by atoms with Crippen LogP contribution in [0.1, 0.15) is 40.5 Å². The van der Waals surface area contributed by atoms with E-state index in [1.807, 2.05) is 6.92 Å². The maximum atomic E-state index is 9.59. The second kappa shape index (κ2) is 11.5. The zero-order valence-electron chi connectivity index (χ0n) is 18.8. The second-order valence-electron chi connectivity index (χ2n) is 8.84. The van der Waals surface area contributed by atoms with E-state index in [-0.39, 0.29) is 23.7 Å². The molecule has 2 atom stereocenters. The van der Waals surface area contributed by atoms with Gasteiger partial charge in [0.25, 0.3) is 8.32 Å². The highest BCUT2D eigenvalue weighted by molar-refractivity contribution is 6.99. The van der Waals surface area contributed by atoms with Gasteiger partial charge in [0.15, 0.2) is 0 Å². The molecule has 2 aromatic carbocycles. The predicted molar refractivity (Wildman–Crippen MR) is 128 cm³/mol. The SMILES string of the molecule is C#CC[C@@H](C)[C@H](CO)OCCCO[Si](c1ccccc1)(c1ccccc1)C(C)(C)C. The average Bonchev–Trinajstić information content (AvgIpc) is 2.74. The van der Waals surface area contributed by atoms with Crippen molar-refractivity contribution in [2.75, 3.05) is 19.8 Å². The maximum absolute atomic E-state index is 9.59. The van der Waals surface area contributed by atoms with Crippen molar-refractivity contribution in [3.63, 3.8) is 0 Å². The molecule has 0 bridgehead atoms. The molecule has 0 saturated heterocycles. The van der Waals surface area contributed by atoms with Gasteiger partial charge in [-0.15, -0.1) is 12.3 Å². The maximum Gasteiger partial charge on any atom is 0.261 e. The number of benzene rings is 2. The summed E-state index contributed by atoms with van der Waals surface area (Å²) in [6, 6.07) is 21.3. The molecule has 0 fully saturated rings. The minimum atomic E-state index is -2.50. The van der Waals surface area contributed by atoms with Crippen LogP contribution in [0, 0.1) is 18.3 Å². The number of aliphatic hydroxyl groups is 1. The Hall–Kier alpha value is -1.90. The van der Waals surface area contributed by atoms with Gasteiger partial charge in [-0.1, -0.05) is 88.4 Å². The van der Waals surface area contributed by atoms with Gasteiger partial charge < -0.3 is 14.3 Å². The van der Waals surface area contributed by atoms with Gasteiger partial charge in [-0.25, -0.2) is 0 Å². The van der Waals surface area contributed by atoms with Gasteiger partial charge >= 0.3 is 0 Å². The summed E-state index contributed by atoms with van der Waals surface area (Å²) in [7, 11) is -2.50. The molecule has 2 aromatic rings. The van der Waals surface area contributed by atoms with Crippen LogP contribution in [-0.4, -0.2) is 39.3 Å². The van der Waals surface area contributed by atoms with Crippen LogP contribution in [0.4, 0.5) is 0 Å². The molecule has 0 aliphatic carbocycles. The van der Waals surface area contributed by atoms with Gasteiger partial charge in [0, 0.05) is 19.6 Å². The first-order chi connectivity index (χ1) is 14.4. The Morgan fingerprint density at radius 3 is 1.93 bits per heavy atom. The summed E-state index contributed by atoms with van der Waals surface area (Å²) in [5.41, 5.74) is 0. The lowest BCUT2D eigenvalue weighted by atomic mass is 10.0. The third kappa shape index (κ3) is 5.83. The molecule has 0 radical (unpaired) electrons. The Bertz CT molecular complexity index is 738. The summed E-state index contributed by atoms with van der Waals surface area (Å²) in [5.74, 6) is 2.78. The van der Waals surface area contributed by atoms with Crippen molar-refractivity contribution in [1.29, 1.82) is 0 Å². The zero-order valence-corrected chi connectivity index (χ0v) is 19.8. The highest BCUT2D eigenvalue weighted by Gasteiger charge is 2.49. The minimum Gasteiger partial charge on any atom is -0.407 e. The summed E-state index contributed by atoms with van der Waals surface area (Å²) in [5, 5.41) is 12.1. The second-order valence-corrected chi connectivity index (χ2v) is 13.1. The Morgan fingerprint density at radius 1 is 0.967 bits per heavy atom. The van der Waals surface area contributed by atoms with Crippen LogP contribution in [0.15, 0.2) is 60.7 Å². The quantitative estimate of drug-likeness (QED) is 0.337. The number of rotatable bonds is 11. The molecule has 0 unspecified atom stereocenters. The Labute approximate surface area is 183 Å². The van der Waals surface area contributed by atoms with Crippen molar-refractivity contribution in [2.45, 2.75) is 51.7 Å². The monoisotopic (exact) mass is 424 g/mol. The van der Waals surface area contributed by atoms with Crippen molar-refractivity contribution >= 4 is 18.7 Å². The van der Waals surface area contributed by atoms with Crippen LogP contribution in [-0.2, 0) is 9.16 Å². The van der Waals surface area contributed by atoms with Gasteiger partial charge in [-0.3, -0.25) is 0 Å². The van der Waals surface area contributed by atoms with Crippen LogP contribution in [0.25, 0.3) is 0 Å². The summed E-state index contributed by atoms with van der Waals surface area (Å²) >= 11 is 0. The lowest BCUT2D eigenvalue weighted by Crippen LogP contribution is -2.66. The predicted octanol–water partition coefficient (Wildman–Crippen LogP) is 3.99. The van der Waals surface area contributed by atoms with E-state index in [4.69, 9.17) is 15.6 Å². The van der Waals surface area contributed by atoms with Gasteiger partial charge in [-0.05, 0) is 27.8 Å². The topological polar surface area (TPSA) is 38.7 Å². The Morgan fingerprint density at radius 2 is 1.50 bits per heavy atom. The Balaban J connectivity index is 2.16. The number of terminal acetylenes is 1. The van der Waals surface area contributed by atoms with Crippen LogP contribution >= 0.6 is 0 Å². The highest BCUT2D eigenvalue weighted by Crippen LogP contribution is 2.36. The van der Waals surface area contributed by atoms with Crippen molar-refractivity contribution in [2.24, 2.45) is 5.92 Å². The molecule has 0 spiro atoms. The summed E-state index contributed by atoms with van der Waals surface area (Å²) < 4.78 is 12.8. The smallest absolute Gasteiger partial charge is 0.261 e. The number of aliphatic hydroxyl groups excluding tert-OH is 1. The van der Waals surface area contributed by atoms with E-state index in [9.17, 15) is 5.11 Å². The van der Waals surface area contributed by atoms with E-state index in [0.717, 1.165) is 6.42 Å². The molecule has 0 aliphatic heterocycles. The van der Waals surface area contributed by atoms with E-state index < -0.39 is 8.32 Å². The molecule has 3 nitrogen and oxygen atoms in total. The van der Waals surface area contributed by atoms with Gasteiger partial charge in [0.05, 0.1) is 12.7 Å². The largest absolute Gasteiger partial charge is 0.407 e. The molecule has 0 amide bonds. The third-order valence-electron chi connectivity index (χ3n) is 5.61. The van der Waals surface area contributed by atoms with E-state index in [1.165, 1.54) is 10.4 Å². The molecule has 0 aromatic heterocycles. The summed E-state index contributed by atoms with van der Waals surface area (Å²) in [6.07, 6.45) is 6.54. The summed E-state index contributed by atoms with van der Waals surface area (Å²) in [4.78, 5) is 0. The zero-order chi connectivity index (χ0) is 22.0. The molecular weight excluding hydrogens is 388 g/mol. The molecule has 0 aliphatic rings. The molecule has 4 heteroatoms. The number of hydrogen-bond acceptors (Lipinski definition) is 3. The lowest BCUT2D eigenvalue weighted by Gasteiger charge is -2.43. The third-order valence-corrected chi connectivity index (χ3v) is 10.7. The van der Waals surface area contributed by atoms with E-state index in [1.54, 1.807) is 0 Å². The molecule has 162 valence electrons. The summed E-state index contributed by atoms with van der Waals surface area (Å²) in [6.45, 7) is 9.97. The van der Waals surface area contributed by atoms with Gasteiger partial charge in [0.1, 0.15) is 0 Å². The first-order valence-corrected chi connectivity index (χ1v) is 12.7. The van der Waals surface area contributed by atoms with E-state index in [0.29, 0.717) is 19.6 Å². The van der Waals surface area contributed by atoms with E-state index >= 15 is 0 Å². The van der Waals surface area contributed by atoms with Crippen molar-refractivity contribution < 1.29 is 14.3 Å². The van der Waals surface area contributed by atoms with Crippen LogP contribution < -0.4 is 10.4 Å². The van der Waals surface area contributed by atoms with Crippen LogP contribution in [0.2, 0.25) is 5.04 Å². The normalized spacial score (nSPS) is 14.1. The molecule has 30 heavy (non-hydrogen) atoms. The molecule has 0 heterocycles. The van der Waals surface area contributed by atoms with Crippen molar-refractivity contribution in [1.82, 2.24) is 0 Å². The fourth-order valence-corrected chi connectivity index (χ4v) is 8.60.